The third-order valence-corrected chi connectivity index (χ3v) is 2.82. The van der Waals surface area contributed by atoms with Gasteiger partial charge in [-0.3, -0.25) is 0 Å². The lowest BCUT2D eigenvalue weighted by Crippen LogP contribution is -2.11. The van der Waals surface area contributed by atoms with E-state index in [4.69, 9.17) is 5.73 Å². The van der Waals surface area contributed by atoms with Gasteiger partial charge in [0.15, 0.2) is 0 Å². The van der Waals surface area contributed by atoms with E-state index in [0.717, 1.165) is 17.3 Å². The number of rotatable bonds is 3. The summed E-state index contributed by atoms with van der Waals surface area (Å²) in [4.78, 5) is 0. The van der Waals surface area contributed by atoms with Gasteiger partial charge >= 0.3 is 0 Å². The van der Waals surface area contributed by atoms with E-state index in [0.29, 0.717) is 0 Å². The lowest BCUT2D eigenvalue weighted by molar-refractivity contribution is 0.689. The summed E-state index contributed by atoms with van der Waals surface area (Å²) in [7, 11) is 0. The zero-order chi connectivity index (χ0) is 9.84. The molecule has 0 aliphatic heterocycles. The Morgan fingerprint density at radius 3 is 2.62 bits per heavy atom. The molecule has 0 radical (unpaired) electrons. The maximum atomic E-state index is 6.02. The van der Waals surface area contributed by atoms with Crippen LogP contribution in [0.1, 0.15) is 37.4 Å². The maximum absolute atomic E-state index is 6.02. The van der Waals surface area contributed by atoms with Crippen molar-refractivity contribution >= 4 is 15.9 Å². The van der Waals surface area contributed by atoms with Gasteiger partial charge in [0.1, 0.15) is 0 Å². The fourth-order valence-corrected chi connectivity index (χ4v) is 1.83. The highest BCUT2D eigenvalue weighted by Crippen LogP contribution is 2.23. The van der Waals surface area contributed by atoms with Crippen molar-refractivity contribution in [1.29, 1.82) is 0 Å². The fourth-order valence-electron chi connectivity index (χ4n) is 1.45. The van der Waals surface area contributed by atoms with Gasteiger partial charge in [-0.15, -0.1) is 0 Å². The van der Waals surface area contributed by atoms with E-state index in [9.17, 15) is 0 Å². The van der Waals surface area contributed by atoms with Crippen LogP contribution in [0.2, 0.25) is 0 Å². The molecule has 0 saturated heterocycles. The van der Waals surface area contributed by atoms with Crippen LogP contribution in [0.25, 0.3) is 0 Å². The van der Waals surface area contributed by atoms with Crippen molar-refractivity contribution in [2.75, 3.05) is 0 Å². The first-order valence-electron chi connectivity index (χ1n) is 4.73. The minimum Gasteiger partial charge on any atom is -0.324 e. The van der Waals surface area contributed by atoms with Crippen LogP contribution >= 0.6 is 15.9 Å². The second-order valence-corrected chi connectivity index (χ2v) is 4.13. The quantitative estimate of drug-likeness (QED) is 0.863. The summed E-state index contributed by atoms with van der Waals surface area (Å²) in [5, 5.41) is 0. The minimum atomic E-state index is 0.174. The number of hydrogen-bond donors (Lipinski definition) is 1. The van der Waals surface area contributed by atoms with Crippen molar-refractivity contribution in [2.24, 2.45) is 5.73 Å². The van der Waals surface area contributed by atoms with Crippen LogP contribution in [-0.4, -0.2) is 0 Å². The normalized spacial score (nSPS) is 12.9. The Bertz CT molecular complexity index is 283. The molecule has 0 spiro atoms. The molecule has 0 bridgehead atoms. The first kappa shape index (κ1) is 10.7. The highest BCUT2D eigenvalue weighted by atomic mass is 79.9. The highest BCUT2D eigenvalue weighted by Gasteiger charge is 2.08. The van der Waals surface area contributed by atoms with Gasteiger partial charge in [-0.25, -0.2) is 0 Å². The van der Waals surface area contributed by atoms with Crippen molar-refractivity contribution in [3.8, 4) is 0 Å². The largest absolute Gasteiger partial charge is 0.324 e. The number of halogens is 1. The average molecular weight is 242 g/mol. The lowest BCUT2D eigenvalue weighted by atomic mass is 9.98. The van der Waals surface area contributed by atoms with Crippen molar-refractivity contribution in [3.05, 3.63) is 33.8 Å². The van der Waals surface area contributed by atoms with Gasteiger partial charge in [-0.05, 0) is 36.1 Å². The van der Waals surface area contributed by atoms with Crippen LogP contribution in [0.15, 0.2) is 22.7 Å². The summed E-state index contributed by atoms with van der Waals surface area (Å²) >= 11 is 3.47. The van der Waals surface area contributed by atoms with Gasteiger partial charge in [0, 0.05) is 10.5 Å². The number of hydrogen-bond acceptors (Lipinski definition) is 1. The van der Waals surface area contributed by atoms with Crippen molar-refractivity contribution in [1.82, 2.24) is 0 Å². The van der Waals surface area contributed by atoms with E-state index < -0.39 is 0 Å². The molecule has 13 heavy (non-hydrogen) atoms. The van der Waals surface area contributed by atoms with Crippen LogP contribution < -0.4 is 5.73 Å². The summed E-state index contributed by atoms with van der Waals surface area (Å²) in [6, 6.07) is 6.53. The maximum Gasteiger partial charge on any atom is 0.0295 e. The first-order valence-corrected chi connectivity index (χ1v) is 5.52. The van der Waals surface area contributed by atoms with Crippen LogP contribution in [0.5, 0.6) is 0 Å². The molecule has 72 valence electrons. The first-order chi connectivity index (χ1) is 6.19. The molecular weight excluding hydrogens is 226 g/mol. The molecule has 1 aromatic carbocycles. The van der Waals surface area contributed by atoms with Crippen molar-refractivity contribution in [3.63, 3.8) is 0 Å². The highest BCUT2D eigenvalue weighted by molar-refractivity contribution is 9.10. The van der Waals surface area contributed by atoms with Crippen LogP contribution in [-0.2, 0) is 6.42 Å². The standard InChI is InChI=1S/C11H16BrN/c1-3-8-5-6-9(12)7-10(8)11(13)4-2/h5-7,11H,3-4,13H2,1-2H3. The van der Waals surface area contributed by atoms with Gasteiger partial charge in [-0.1, -0.05) is 35.8 Å². The second-order valence-electron chi connectivity index (χ2n) is 3.21. The molecule has 0 aliphatic rings. The Morgan fingerprint density at radius 2 is 2.08 bits per heavy atom. The molecule has 0 aromatic heterocycles. The topological polar surface area (TPSA) is 26.0 Å². The molecule has 0 amide bonds. The Balaban J connectivity index is 3.07. The Labute approximate surface area is 88.5 Å². The molecule has 0 heterocycles. The SMILES string of the molecule is CCc1ccc(Br)cc1C(N)CC. The van der Waals surface area contributed by atoms with E-state index in [1.165, 1.54) is 11.1 Å². The summed E-state index contributed by atoms with van der Waals surface area (Å²) in [5.41, 5.74) is 8.65. The zero-order valence-corrected chi connectivity index (χ0v) is 9.76. The van der Waals surface area contributed by atoms with Crippen molar-refractivity contribution in [2.45, 2.75) is 32.7 Å². The molecule has 1 nitrogen and oxygen atoms in total. The molecule has 0 fully saturated rings. The third-order valence-electron chi connectivity index (χ3n) is 2.33. The predicted octanol–water partition coefficient (Wildman–Crippen LogP) is 3.42. The molecule has 2 N–H and O–H groups in total. The Morgan fingerprint density at radius 1 is 1.38 bits per heavy atom. The fraction of sp³-hybridized carbons (Fsp3) is 0.455. The summed E-state index contributed by atoms with van der Waals surface area (Å²) < 4.78 is 1.11. The van der Waals surface area contributed by atoms with Crippen LogP contribution in [0, 0.1) is 0 Å². The predicted molar refractivity (Wildman–Crippen MR) is 60.7 cm³/mol. The van der Waals surface area contributed by atoms with E-state index in [2.05, 4.69) is 48.0 Å². The molecular formula is C11H16BrN. The van der Waals surface area contributed by atoms with Crippen LogP contribution in [0.3, 0.4) is 0 Å². The second kappa shape index (κ2) is 4.77. The average Bonchev–Trinajstić information content (AvgIpc) is 2.16. The van der Waals surface area contributed by atoms with Gasteiger partial charge in [0.05, 0.1) is 0 Å². The summed E-state index contributed by atoms with van der Waals surface area (Å²) in [6.07, 6.45) is 2.04. The molecule has 1 atom stereocenters. The monoisotopic (exact) mass is 241 g/mol. The Hall–Kier alpha value is -0.340. The molecule has 0 aliphatic carbocycles. The zero-order valence-electron chi connectivity index (χ0n) is 8.18. The van der Waals surface area contributed by atoms with Crippen molar-refractivity contribution < 1.29 is 0 Å². The summed E-state index contributed by atoms with van der Waals surface area (Å²) in [5.74, 6) is 0. The number of aryl methyl sites for hydroxylation is 1. The molecule has 1 aromatic rings. The molecule has 0 saturated carbocycles. The van der Waals surface area contributed by atoms with Gasteiger partial charge < -0.3 is 5.73 Å². The van der Waals surface area contributed by atoms with E-state index >= 15 is 0 Å². The lowest BCUT2D eigenvalue weighted by Gasteiger charge is -2.14. The smallest absolute Gasteiger partial charge is 0.0295 e. The third kappa shape index (κ3) is 2.55. The van der Waals surface area contributed by atoms with Gasteiger partial charge in [0.2, 0.25) is 0 Å². The van der Waals surface area contributed by atoms with Crippen LogP contribution in [0.4, 0.5) is 0 Å². The Kier molecular flexibility index (Phi) is 3.94. The molecule has 1 rings (SSSR count). The van der Waals surface area contributed by atoms with E-state index in [-0.39, 0.29) is 6.04 Å². The number of benzene rings is 1. The van der Waals surface area contributed by atoms with E-state index in [1.54, 1.807) is 0 Å². The minimum absolute atomic E-state index is 0.174. The van der Waals surface area contributed by atoms with Gasteiger partial charge in [-0.2, -0.15) is 0 Å². The van der Waals surface area contributed by atoms with E-state index in [1.807, 2.05) is 0 Å². The van der Waals surface area contributed by atoms with Gasteiger partial charge in [0.25, 0.3) is 0 Å². The molecule has 1 unspecified atom stereocenters. The number of nitrogens with two attached hydrogens (primary N) is 1. The molecule has 2 heteroatoms. The summed E-state index contributed by atoms with van der Waals surface area (Å²) in [6.45, 7) is 4.28.